The molecule has 242 valence electrons. The van der Waals surface area contributed by atoms with Gasteiger partial charge in [0.1, 0.15) is 0 Å². The van der Waals surface area contributed by atoms with Crippen LogP contribution in [0.25, 0.3) is 21.2 Å². The molecule has 0 amide bonds. The van der Waals surface area contributed by atoms with Gasteiger partial charge in [-0.3, -0.25) is 0 Å². The number of fused-ring (bicyclic) bond motifs is 4. The van der Waals surface area contributed by atoms with Crippen molar-refractivity contribution in [2.75, 3.05) is 0 Å². The monoisotopic (exact) mass is 678 g/mol. The van der Waals surface area contributed by atoms with Crippen LogP contribution in [0.15, 0.2) is 144 Å². The zero-order chi connectivity index (χ0) is 33.8. The summed E-state index contributed by atoms with van der Waals surface area (Å²) in [6, 6.07) is 50.0. The van der Waals surface area contributed by atoms with Gasteiger partial charge >= 0.3 is 0 Å². The number of rotatable bonds is 4. The van der Waals surface area contributed by atoms with E-state index in [1.807, 2.05) is 23.1 Å². The third-order valence-electron chi connectivity index (χ3n) is 12.0. The SMILES string of the molecule is Cc1ccc(C2(c3ccc(C)cc3)c3ccsc3-c3ccc4c5c(ccc2c35)C2SC=CC2C4(c2ccc(C)cc2)c2ccc(C)cc2)cc1. The summed E-state index contributed by atoms with van der Waals surface area (Å²) < 4.78 is 0. The maximum Gasteiger partial charge on any atom is 0.0721 e. The van der Waals surface area contributed by atoms with Crippen LogP contribution in [0.1, 0.15) is 72.0 Å². The molecule has 0 saturated heterocycles. The second-order valence-electron chi connectivity index (χ2n) is 14.7. The van der Waals surface area contributed by atoms with Crippen molar-refractivity contribution < 1.29 is 0 Å². The minimum Gasteiger partial charge on any atom is -0.143 e. The van der Waals surface area contributed by atoms with Crippen LogP contribution in [0.4, 0.5) is 0 Å². The van der Waals surface area contributed by atoms with Gasteiger partial charge in [-0.15, -0.1) is 23.1 Å². The van der Waals surface area contributed by atoms with E-state index < -0.39 is 5.41 Å². The standard InChI is InChI=1S/C48H38S2/c1-29-5-13-33(14-6-29)47(34-15-7-30(2)8-16-34)39-23-21-38-44-40(24-22-37(43(39)44)45-41(47)25-27-49-45)48(42-26-28-50-46(38)42,35-17-9-31(3)10-18-35)36-19-11-32(4)12-20-36/h5-28,41,45H,1-4H3. The van der Waals surface area contributed by atoms with Crippen LogP contribution in [0, 0.1) is 33.6 Å². The van der Waals surface area contributed by atoms with Crippen molar-refractivity contribution in [3.05, 3.63) is 211 Å². The number of aryl methyl sites for hydroxylation is 4. The van der Waals surface area contributed by atoms with E-state index in [1.165, 1.54) is 88.0 Å². The topological polar surface area (TPSA) is 0 Å². The van der Waals surface area contributed by atoms with Crippen LogP contribution in [0.5, 0.6) is 0 Å². The largest absolute Gasteiger partial charge is 0.143 e. The lowest BCUT2D eigenvalue weighted by Crippen LogP contribution is -2.42. The average Bonchev–Trinajstić information content (AvgIpc) is 3.84. The molecule has 2 atom stereocenters. The smallest absolute Gasteiger partial charge is 0.0721 e. The first kappa shape index (κ1) is 30.2. The zero-order valence-electron chi connectivity index (χ0n) is 28.8. The lowest BCUT2D eigenvalue weighted by Gasteiger charge is -2.49. The number of hydrogen-bond donors (Lipinski definition) is 0. The van der Waals surface area contributed by atoms with E-state index in [9.17, 15) is 0 Å². The molecule has 2 aliphatic carbocycles. The van der Waals surface area contributed by atoms with Crippen molar-refractivity contribution >= 4 is 33.9 Å². The van der Waals surface area contributed by atoms with E-state index >= 15 is 0 Å². The molecule has 2 heteroatoms. The third-order valence-corrected chi connectivity index (χ3v) is 14.1. The van der Waals surface area contributed by atoms with Gasteiger partial charge in [0.2, 0.25) is 0 Å². The van der Waals surface area contributed by atoms with Crippen LogP contribution in [0.2, 0.25) is 0 Å². The van der Waals surface area contributed by atoms with E-state index in [4.69, 9.17) is 0 Å². The number of thioether (sulfide) groups is 1. The van der Waals surface area contributed by atoms with Gasteiger partial charge in [0, 0.05) is 21.6 Å². The Morgan fingerprint density at radius 1 is 0.480 bits per heavy atom. The molecule has 0 spiro atoms. The molecule has 6 aromatic carbocycles. The highest BCUT2D eigenvalue weighted by Gasteiger charge is 2.54. The Kier molecular flexibility index (Phi) is 6.61. The maximum absolute atomic E-state index is 2.51. The van der Waals surface area contributed by atoms with Crippen LogP contribution in [-0.4, -0.2) is 0 Å². The van der Waals surface area contributed by atoms with Gasteiger partial charge in [-0.1, -0.05) is 150 Å². The lowest BCUT2D eigenvalue weighted by atomic mass is 9.54. The summed E-state index contributed by atoms with van der Waals surface area (Å²) in [5.41, 5.74) is 16.8. The molecule has 1 aliphatic heterocycles. The van der Waals surface area contributed by atoms with Gasteiger partial charge in [0.05, 0.1) is 10.8 Å². The van der Waals surface area contributed by atoms with Crippen LogP contribution in [0.3, 0.4) is 0 Å². The second kappa shape index (κ2) is 10.9. The van der Waals surface area contributed by atoms with Crippen LogP contribution in [-0.2, 0) is 10.8 Å². The Morgan fingerprint density at radius 2 is 1.00 bits per heavy atom. The molecule has 0 nitrogen and oxygen atoms in total. The average molecular weight is 679 g/mol. The van der Waals surface area contributed by atoms with Crippen molar-refractivity contribution in [2.45, 2.75) is 43.8 Å². The number of benzene rings is 6. The summed E-state index contributed by atoms with van der Waals surface area (Å²) >= 11 is 3.90. The summed E-state index contributed by atoms with van der Waals surface area (Å²) in [5.74, 6) is 0.282. The number of thiophene rings is 1. The molecule has 0 N–H and O–H groups in total. The van der Waals surface area contributed by atoms with Crippen molar-refractivity contribution in [2.24, 2.45) is 5.92 Å². The van der Waals surface area contributed by atoms with E-state index in [0.29, 0.717) is 5.25 Å². The van der Waals surface area contributed by atoms with Gasteiger partial charge < -0.3 is 0 Å². The fourth-order valence-electron chi connectivity index (χ4n) is 9.66. The van der Waals surface area contributed by atoms with Gasteiger partial charge in [-0.25, -0.2) is 0 Å². The molecule has 2 unspecified atom stereocenters. The van der Waals surface area contributed by atoms with Gasteiger partial charge in [0.25, 0.3) is 0 Å². The summed E-state index contributed by atoms with van der Waals surface area (Å²) in [6.07, 6.45) is 2.51. The quantitative estimate of drug-likeness (QED) is 0.179. The molecule has 0 bridgehead atoms. The van der Waals surface area contributed by atoms with E-state index in [0.717, 1.165) is 0 Å². The molecule has 3 aliphatic rings. The van der Waals surface area contributed by atoms with Gasteiger partial charge in [-0.05, 0) is 99.8 Å². The molecular formula is C48H38S2. The zero-order valence-corrected chi connectivity index (χ0v) is 30.5. The molecule has 50 heavy (non-hydrogen) atoms. The number of hydrogen-bond acceptors (Lipinski definition) is 2. The normalized spacial score (nSPS) is 19.0. The first-order valence-electron chi connectivity index (χ1n) is 17.7. The summed E-state index contributed by atoms with van der Waals surface area (Å²) in [5, 5.41) is 7.88. The maximum atomic E-state index is 2.51. The van der Waals surface area contributed by atoms with Crippen molar-refractivity contribution in [1.29, 1.82) is 0 Å². The van der Waals surface area contributed by atoms with E-state index in [2.05, 4.69) is 172 Å². The summed E-state index contributed by atoms with van der Waals surface area (Å²) in [6.45, 7) is 8.79. The lowest BCUT2D eigenvalue weighted by molar-refractivity contribution is 0.436. The summed E-state index contributed by atoms with van der Waals surface area (Å²) in [7, 11) is 0. The molecule has 1 aromatic heterocycles. The second-order valence-corrected chi connectivity index (χ2v) is 16.7. The minimum atomic E-state index is -0.449. The highest BCUT2D eigenvalue weighted by Crippen LogP contribution is 2.66. The van der Waals surface area contributed by atoms with Gasteiger partial charge in [-0.2, -0.15) is 0 Å². The van der Waals surface area contributed by atoms with E-state index in [-0.39, 0.29) is 11.3 Å². The first-order chi connectivity index (χ1) is 24.4. The van der Waals surface area contributed by atoms with Crippen LogP contribution < -0.4 is 0 Å². The molecule has 0 fully saturated rings. The predicted octanol–water partition coefficient (Wildman–Crippen LogP) is 12.8. The highest BCUT2D eigenvalue weighted by molar-refractivity contribution is 8.02. The molecule has 0 saturated carbocycles. The Hall–Kier alpha value is -4.63. The molecular weight excluding hydrogens is 641 g/mol. The summed E-state index contributed by atoms with van der Waals surface area (Å²) in [4.78, 5) is 1.39. The third kappa shape index (κ3) is 3.90. The fraction of sp³-hybridized carbons (Fsp3) is 0.167. The van der Waals surface area contributed by atoms with E-state index in [1.54, 1.807) is 0 Å². The Balaban J connectivity index is 1.40. The predicted molar refractivity (Wildman–Crippen MR) is 214 cm³/mol. The minimum absolute atomic E-state index is 0.282. The molecule has 10 rings (SSSR count). The molecule has 7 aromatic rings. The van der Waals surface area contributed by atoms with Crippen LogP contribution >= 0.6 is 23.1 Å². The van der Waals surface area contributed by atoms with Gasteiger partial charge in [0.15, 0.2) is 0 Å². The molecule has 0 radical (unpaired) electrons. The van der Waals surface area contributed by atoms with Crippen molar-refractivity contribution in [3.63, 3.8) is 0 Å². The Bertz CT molecular complexity index is 2380. The Morgan fingerprint density at radius 3 is 1.56 bits per heavy atom. The molecule has 2 heterocycles. The van der Waals surface area contributed by atoms with Crippen molar-refractivity contribution in [3.8, 4) is 10.4 Å². The highest BCUT2D eigenvalue weighted by atomic mass is 32.2. The Labute approximate surface area is 303 Å². The fourth-order valence-corrected chi connectivity index (χ4v) is 11.9. The number of allylic oxidation sites excluding steroid dienone is 1. The first-order valence-corrected chi connectivity index (χ1v) is 19.5. The van der Waals surface area contributed by atoms with Crippen molar-refractivity contribution in [1.82, 2.24) is 0 Å².